The highest BCUT2D eigenvalue weighted by atomic mass is 16.5. The van der Waals surface area contributed by atoms with Gasteiger partial charge in [0.2, 0.25) is 0 Å². The molecule has 0 heterocycles. The minimum Gasteiger partial charge on any atom is -0.493 e. The monoisotopic (exact) mass is 360 g/mol. The van der Waals surface area contributed by atoms with Gasteiger partial charge in [-0.1, -0.05) is 37.1 Å². The molecule has 0 amide bonds. The second kappa shape index (κ2) is 12.6. The number of fused-ring (bicyclic) bond motifs is 1. The smallest absolute Gasteiger partial charge is 0.127 e. The van der Waals surface area contributed by atoms with E-state index >= 15 is 0 Å². The second-order valence-electron chi connectivity index (χ2n) is 6.58. The number of benzene rings is 2. The van der Waals surface area contributed by atoms with Crippen molar-refractivity contribution in [1.82, 2.24) is 0 Å². The Labute approximate surface area is 156 Å². The predicted octanol–water partition coefficient (Wildman–Crippen LogP) is 4.70. The molecule has 4 nitrogen and oxygen atoms in total. The van der Waals surface area contributed by atoms with Crippen LogP contribution >= 0.6 is 0 Å². The SMILES string of the molecule is OCCCCCCOc1cccc2c(OCCCCCCO)cccc12. The Morgan fingerprint density at radius 1 is 0.538 bits per heavy atom. The van der Waals surface area contributed by atoms with Crippen LogP contribution in [-0.4, -0.2) is 36.6 Å². The Bertz CT molecular complexity index is 571. The van der Waals surface area contributed by atoms with E-state index < -0.39 is 0 Å². The van der Waals surface area contributed by atoms with Gasteiger partial charge < -0.3 is 19.7 Å². The van der Waals surface area contributed by atoms with Crippen molar-refractivity contribution >= 4 is 10.8 Å². The second-order valence-corrected chi connectivity index (χ2v) is 6.58. The van der Waals surface area contributed by atoms with Crippen molar-refractivity contribution in [2.24, 2.45) is 0 Å². The lowest BCUT2D eigenvalue weighted by atomic mass is 10.1. The number of hydrogen-bond donors (Lipinski definition) is 2. The van der Waals surface area contributed by atoms with Crippen LogP contribution in [0.15, 0.2) is 36.4 Å². The summed E-state index contributed by atoms with van der Waals surface area (Å²) < 4.78 is 12.0. The van der Waals surface area contributed by atoms with Crippen molar-refractivity contribution in [2.75, 3.05) is 26.4 Å². The summed E-state index contributed by atoms with van der Waals surface area (Å²) in [6.45, 7) is 1.93. The molecule has 0 unspecified atom stereocenters. The largest absolute Gasteiger partial charge is 0.493 e. The first kappa shape index (κ1) is 20.5. The van der Waals surface area contributed by atoms with Crippen molar-refractivity contribution in [3.05, 3.63) is 36.4 Å². The Kier molecular flexibility index (Phi) is 9.91. The van der Waals surface area contributed by atoms with Crippen molar-refractivity contribution in [1.29, 1.82) is 0 Å². The van der Waals surface area contributed by atoms with Gasteiger partial charge in [-0.05, 0) is 50.7 Å². The van der Waals surface area contributed by atoms with E-state index in [0.29, 0.717) is 13.2 Å². The zero-order chi connectivity index (χ0) is 18.5. The predicted molar refractivity (Wildman–Crippen MR) is 106 cm³/mol. The molecule has 0 aliphatic carbocycles. The lowest BCUT2D eigenvalue weighted by molar-refractivity contribution is 0.273. The molecule has 2 N–H and O–H groups in total. The Balaban J connectivity index is 1.88. The van der Waals surface area contributed by atoms with Gasteiger partial charge in [-0.3, -0.25) is 0 Å². The van der Waals surface area contributed by atoms with E-state index in [1.807, 2.05) is 24.3 Å². The van der Waals surface area contributed by atoms with Gasteiger partial charge >= 0.3 is 0 Å². The van der Waals surface area contributed by atoms with E-state index in [2.05, 4.69) is 12.1 Å². The summed E-state index contributed by atoms with van der Waals surface area (Å²) in [6.07, 6.45) is 7.99. The maximum absolute atomic E-state index is 8.81. The summed E-state index contributed by atoms with van der Waals surface area (Å²) in [5.41, 5.74) is 0. The maximum Gasteiger partial charge on any atom is 0.127 e. The fourth-order valence-corrected chi connectivity index (χ4v) is 3.00. The maximum atomic E-state index is 8.81. The highest BCUT2D eigenvalue weighted by molar-refractivity contribution is 5.93. The fraction of sp³-hybridized carbons (Fsp3) is 0.545. The number of rotatable bonds is 14. The third-order valence-corrected chi connectivity index (χ3v) is 4.46. The zero-order valence-corrected chi connectivity index (χ0v) is 15.7. The highest BCUT2D eigenvalue weighted by Gasteiger charge is 2.07. The molecular weight excluding hydrogens is 328 g/mol. The van der Waals surface area contributed by atoms with Crippen molar-refractivity contribution in [2.45, 2.75) is 51.4 Å². The van der Waals surface area contributed by atoms with Gasteiger partial charge in [0, 0.05) is 24.0 Å². The number of aliphatic hydroxyl groups is 2. The van der Waals surface area contributed by atoms with Crippen LogP contribution in [0.5, 0.6) is 11.5 Å². The Hall–Kier alpha value is -1.78. The van der Waals surface area contributed by atoms with Gasteiger partial charge in [0.1, 0.15) is 11.5 Å². The van der Waals surface area contributed by atoms with Crippen LogP contribution in [-0.2, 0) is 0 Å². The summed E-state index contributed by atoms with van der Waals surface area (Å²) in [5, 5.41) is 19.8. The first-order chi connectivity index (χ1) is 12.9. The molecule has 0 aromatic heterocycles. The van der Waals surface area contributed by atoms with Gasteiger partial charge in [-0.25, -0.2) is 0 Å². The summed E-state index contributed by atoms with van der Waals surface area (Å²) >= 11 is 0. The third-order valence-electron chi connectivity index (χ3n) is 4.46. The highest BCUT2D eigenvalue weighted by Crippen LogP contribution is 2.32. The molecule has 0 spiro atoms. The molecule has 26 heavy (non-hydrogen) atoms. The van der Waals surface area contributed by atoms with E-state index in [1.165, 1.54) is 0 Å². The van der Waals surface area contributed by atoms with Gasteiger partial charge in [0.25, 0.3) is 0 Å². The van der Waals surface area contributed by atoms with E-state index in [0.717, 1.165) is 73.6 Å². The third kappa shape index (κ3) is 6.85. The molecule has 0 saturated heterocycles. The van der Waals surface area contributed by atoms with Crippen LogP contribution in [0.4, 0.5) is 0 Å². The zero-order valence-electron chi connectivity index (χ0n) is 15.7. The Morgan fingerprint density at radius 3 is 1.38 bits per heavy atom. The quantitative estimate of drug-likeness (QED) is 0.479. The number of unbranched alkanes of at least 4 members (excludes halogenated alkanes) is 6. The lowest BCUT2D eigenvalue weighted by Gasteiger charge is -2.13. The molecule has 2 aromatic rings. The molecule has 2 aromatic carbocycles. The van der Waals surface area contributed by atoms with Crippen LogP contribution in [0.2, 0.25) is 0 Å². The van der Waals surface area contributed by atoms with Crippen LogP contribution in [0.1, 0.15) is 51.4 Å². The number of hydrogen-bond acceptors (Lipinski definition) is 4. The van der Waals surface area contributed by atoms with Crippen molar-refractivity contribution in [3.63, 3.8) is 0 Å². The molecule has 0 fully saturated rings. The van der Waals surface area contributed by atoms with Gasteiger partial charge in [-0.15, -0.1) is 0 Å². The topological polar surface area (TPSA) is 58.9 Å². The summed E-state index contributed by atoms with van der Waals surface area (Å²) in [7, 11) is 0. The molecule has 0 aliphatic heterocycles. The van der Waals surface area contributed by atoms with Gasteiger partial charge in [0.05, 0.1) is 13.2 Å². The molecule has 4 heteroatoms. The minimum atomic E-state index is 0.272. The lowest BCUT2D eigenvalue weighted by Crippen LogP contribution is -2.00. The molecular formula is C22H32O4. The number of aliphatic hydroxyl groups excluding tert-OH is 2. The number of ether oxygens (including phenoxy) is 2. The van der Waals surface area contributed by atoms with Crippen molar-refractivity contribution < 1.29 is 19.7 Å². The van der Waals surface area contributed by atoms with Crippen LogP contribution in [0.25, 0.3) is 10.8 Å². The molecule has 2 rings (SSSR count). The average Bonchev–Trinajstić information content (AvgIpc) is 2.67. The summed E-state index contributed by atoms with van der Waals surface area (Å²) in [5.74, 6) is 1.80. The minimum absolute atomic E-state index is 0.272. The Morgan fingerprint density at radius 2 is 0.962 bits per heavy atom. The van der Waals surface area contributed by atoms with Gasteiger partial charge in [0.15, 0.2) is 0 Å². The van der Waals surface area contributed by atoms with Crippen LogP contribution in [0, 0.1) is 0 Å². The molecule has 0 bridgehead atoms. The molecule has 144 valence electrons. The molecule has 0 radical (unpaired) electrons. The first-order valence-corrected chi connectivity index (χ1v) is 9.86. The van der Waals surface area contributed by atoms with E-state index in [9.17, 15) is 0 Å². The fourth-order valence-electron chi connectivity index (χ4n) is 3.00. The molecule has 0 aliphatic rings. The normalized spacial score (nSPS) is 11.0. The van der Waals surface area contributed by atoms with Crippen LogP contribution < -0.4 is 9.47 Å². The average molecular weight is 360 g/mol. The summed E-state index contributed by atoms with van der Waals surface area (Å²) in [4.78, 5) is 0. The van der Waals surface area contributed by atoms with E-state index in [4.69, 9.17) is 19.7 Å². The van der Waals surface area contributed by atoms with Crippen LogP contribution in [0.3, 0.4) is 0 Å². The molecule has 0 saturated carbocycles. The first-order valence-electron chi connectivity index (χ1n) is 9.86. The standard InChI is InChI=1S/C22H32O4/c23-15-5-1-3-7-17-25-21-13-9-12-20-19(21)11-10-14-22(20)26-18-8-4-2-6-16-24/h9-14,23-24H,1-8,15-18H2. The van der Waals surface area contributed by atoms with Crippen molar-refractivity contribution in [3.8, 4) is 11.5 Å². The van der Waals surface area contributed by atoms with Gasteiger partial charge in [-0.2, -0.15) is 0 Å². The molecule has 0 atom stereocenters. The van der Waals surface area contributed by atoms with E-state index in [1.54, 1.807) is 0 Å². The van der Waals surface area contributed by atoms with E-state index in [-0.39, 0.29) is 13.2 Å². The summed E-state index contributed by atoms with van der Waals surface area (Å²) in [6, 6.07) is 12.2.